The molecule has 1 unspecified atom stereocenters. The van der Waals surface area contributed by atoms with Gasteiger partial charge in [0.25, 0.3) is 0 Å². The second kappa shape index (κ2) is 12.1. The van der Waals surface area contributed by atoms with Crippen LogP contribution in [0, 0.1) is 0 Å². The van der Waals surface area contributed by atoms with Crippen molar-refractivity contribution in [3.8, 4) is 0 Å². The average Bonchev–Trinajstić information content (AvgIpc) is 2.42. The predicted molar refractivity (Wildman–Crippen MR) is 80.0 cm³/mol. The molecule has 0 aliphatic carbocycles. The van der Waals surface area contributed by atoms with Gasteiger partial charge in [-0.1, -0.05) is 51.9 Å². The molecule has 0 radical (unpaired) electrons. The van der Waals surface area contributed by atoms with Crippen LogP contribution in [0.15, 0.2) is 0 Å². The smallest absolute Gasteiger partial charge is 0.403 e. The lowest BCUT2D eigenvalue weighted by atomic mass is 10.1. The van der Waals surface area contributed by atoms with Gasteiger partial charge in [-0.05, 0) is 6.42 Å². The molecule has 0 heterocycles. The summed E-state index contributed by atoms with van der Waals surface area (Å²) >= 11 is 0. The molecule has 0 bridgehead atoms. The fourth-order valence-corrected chi connectivity index (χ4v) is 2.87. The Hall–Kier alpha value is -0.460. The minimum atomic E-state index is -4.18. The molecule has 0 saturated heterocycles. The largest absolute Gasteiger partial charge is 0.480 e. The predicted octanol–water partition coefficient (Wildman–Crippen LogP) is 2.28. The van der Waals surface area contributed by atoms with Gasteiger partial charge >= 0.3 is 13.7 Å². The lowest BCUT2D eigenvalue weighted by Gasteiger charge is -2.17. The summed E-state index contributed by atoms with van der Waals surface area (Å²) in [6.07, 6.45) is 8.72. The van der Waals surface area contributed by atoms with E-state index in [9.17, 15) is 14.3 Å². The zero-order valence-electron chi connectivity index (χ0n) is 12.7. The third-order valence-corrected chi connectivity index (χ3v) is 4.23. The van der Waals surface area contributed by atoms with Gasteiger partial charge in [-0.15, -0.1) is 0 Å². The fourth-order valence-electron chi connectivity index (χ4n) is 1.83. The number of rotatable bonds is 14. The summed E-state index contributed by atoms with van der Waals surface area (Å²) in [5.41, 5.74) is 0. The van der Waals surface area contributed by atoms with E-state index in [1.54, 1.807) is 0 Å². The Kier molecular flexibility index (Phi) is 11.9. The zero-order valence-corrected chi connectivity index (χ0v) is 13.6. The van der Waals surface area contributed by atoms with Gasteiger partial charge in [0, 0.05) is 0 Å². The van der Waals surface area contributed by atoms with Gasteiger partial charge in [-0.25, -0.2) is 9.65 Å². The number of hydrogen-bond donors (Lipinski definition) is 4. The fraction of sp³-hybridized carbons (Fsp3) is 0.923. The molecule has 2 atom stereocenters. The molecule has 21 heavy (non-hydrogen) atoms. The summed E-state index contributed by atoms with van der Waals surface area (Å²) in [6.45, 7) is 1.48. The quantitative estimate of drug-likeness (QED) is 0.286. The number of unbranched alkanes of at least 4 members (excludes halogenated alkanes) is 7. The van der Waals surface area contributed by atoms with Gasteiger partial charge in [0.2, 0.25) is 0 Å². The van der Waals surface area contributed by atoms with Crippen molar-refractivity contribution in [1.82, 2.24) is 5.09 Å². The SMILES string of the molecule is CCCCCCCCCCOP(=O)(O)N[C@@H](CO)C(=O)O. The normalized spacial score (nSPS) is 15.6. The van der Waals surface area contributed by atoms with E-state index >= 15 is 0 Å². The summed E-state index contributed by atoms with van der Waals surface area (Å²) in [6, 6.07) is -1.50. The highest BCUT2D eigenvalue weighted by Crippen LogP contribution is 2.37. The molecule has 0 aromatic rings. The summed E-state index contributed by atoms with van der Waals surface area (Å²) < 4.78 is 16.3. The number of carboxylic acid groups (broad SMARTS) is 1. The molecule has 0 aliphatic heterocycles. The van der Waals surface area contributed by atoms with Gasteiger partial charge in [-0.3, -0.25) is 9.32 Å². The summed E-state index contributed by atoms with van der Waals surface area (Å²) in [5.74, 6) is -1.40. The maximum Gasteiger partial charge on any atom is 0.403 e. The molecule has 0 amide bonds. The maximum atomic E-state index is 11.5. The minimum absolute atomic E-state index is 0.0908. The number of hydrogen-bond acceptors (Lipinski definition) is 4. The lowest BCUT2D eigenvalue weighted by molar-refractivity contribution is -0.140. The van der Waals surface area contributed by atoms with Crippen LogP contribution in [0.5, 0.6) is 0 Å². The number of aliphatic carboxylic acids is 1. The third kappa shape index (κ3) is 11.8. The second-order valence-corrected chi connectivity index (χ2v) is 6.59. The molecular formula is C13H28NO6P. The van der Waals surface area contributed by atoms with Crippen LogP contribution in [0.3, 0.4) is 0 Å². The highest BCUT2D eigenvalue weighted by Gasteiger charge is 2.28. The van der Waals surface area contributed by atoms with Crippen molar-refractivity contribution in [2.45, 2.75) is 64.3 Å². The van der Waals surface area contributed by atoms with Crippen LogP contribution >= 0.6 is 7.75 Å². The van der Waals surface area contributed by atoms with Crippen LogP contribution in [-0.4, -0.2) is 40.3 Å². The van der Waals surface area contributed by atoms with Crippen molar-refractivity contribution in [2.75, 3.05) is 13.2 Å². The maximum absolute atomic E-state index is 11.5. The minimum Gasteiger partial charge on any atom is -0.480 e. The van der Waals surface area contributed by atoms with Crippen LogP contribution in [0.25, 0.3) is 0 Å². The Balaban J connectivity index is 3.66. The van der Waals surface area contributed by atoms with E-state index in [0.717, 1.165) is 19.3 Å². The molecule has 0 aromatic heterocycles. The molecule has 4 N–H and O–H groups in total. The monoisotopic (exact) mass is 325 g/mol. The van der Waals surface area contributed by atoms with Crippen molar-refractivity contribution < 1.29 is 29.0 Å². The number of carboxylic acids is 1. The summed E-state index contributed by atoms with van der Waals surface area (Å²) in [5, 5.41) is 19.3. The van der Waals surface area contributed by atoms with Crippen LogP contribution in [0.1, 0.15) is 58.3 Å². The van der Waals surface area contributed by atoms with Crippen LogP contribution < -0.4 is 5.09 Å². The molecule has 0 spiro atoms. The van der Waals surface area contributed by atoms with Crippen molar-refractivity contribution >= 4 is 13.7 Å². The molecule has 8 heteroatoms. The first kappa shape index (κ1) is 20.5. The number of nitrogens with one attached hydrogen (secondary N) is 1. The van der Waals surface area contributed by atoms with Gasteiger partial charge in [0.15, 0.2) is 0 Å². The van der Waals surface area contributed by atoms with E-state index in [2.05, 4.69) is 6.92 Å². The van der Waals surface area contributed by atoms with Crippen molar-refractivity contribution in [3.05, 3.63) is 0 Å². The average molecular weight is 325 g/mol. The molecular weight excluding hydrogens is 297 g/mol. The Morgan fingerprint density at radius 2 is 1.67 bits per heavy atom. The van der Waals surface area contributed by atoms with E-state index in [1.165, 1.54) is 25.7 Å². The molecule has 0 fully saturated rings. The summed E-state index contributed by atoms with van der Waals surface area (Å²) in [4.78, 5) is 20.0. The Morgan fingerprint density at radius 1 is 1.14 bits per heavy atom. The summed E-state index contributed by atoms with van der Waals surface area (Å²) in [7, 11) is -4.18. The zero-order chi connectivity index (χ0) is 16.1. The Bertz CT molecular complexity index is 326. The van der Waals surface area contributed by atoms with Crippen LogP contribution in [0.4, 0.5) is 0 Å². The number of aliphatic hydroxyl groups is 1. The Labute approximate surface area is 126 Å². The highest BCUT2D eigenvalue weighted by atomic mass is 31.2. The first-order valence-corrected chi connectivity index (χ1v) is 9.09. The van der Waals surface area contributed by atoms with Crippen LogP contribution in [0.2, 0.25) is 0 Å². The number of carbonyl (C=O) groups is 1. The van der Waals surface area contributed by atoms with E-state index in [1.807, 2.05) is 5.09 Å². The topological polar surface area (TPSA) is 116 Å². The van der Waals surface area contributed by atoms with Crippen molar-refractivity contribution in [1.29, 1.82) is 0 Å². The third-order valence-electron chi connectivity index (χ3n) is 3.06. The van der Waals surface area contributed by atoms with Gasteiger partial charge in [-0.2, -0.15) is 0 Å². The van der Waals surface area contributed by atoms with E-state index in [-0.39, 0.29) is 6.61 Å². The molecule has 7 nitrogen and oxygen atoms in total. The molecule has 0 aliphatic rings. The van der Waals surface area contributed by atoms with Gasteiger partial charge in [0.1, 0.15) is 6.04 Å². The van der Waals surface area contributed by atoms with E-state index in [4.69, 9.17) is 14.7 Å². The molecule has 0 saturated carbocycles. The molecule has 0 aromatic carbocycles. The number of aliphatic hydroxyl groups excluding tert-OH is 1. The first-order valence-electron chi connectivity index (χ1n) is 7.51. The highest BCUT2D eigenvalue weighted by molar-refractivity contribution is 7.50. The van der Waals surface area contributed by atoms with E-state index < -0.39 is 26.4 Å². The lowest BCUT2D eigenvalue weighted by Crippen LogP contribution is -2.38. The second-order valence-electron chi connectivity index (χ2n) is 5.03. The first-order chi connectivity index (χ1) is 9.93. The van der Waals surface area contributed by atoms with Gasteiger partial charge in [0.05, 0.1) is 13.2 Å². The van der Waals surface area contributed by atoms with Crippen molar-refractivity contribution in [3.63, 3.8) is 0 Å². The van der Waals surface area contributed by atoms with Crippen molar-refractivity contribution in [2.24, 2.45) is 0 Å². The van der Waals surface area contributed by atoms with Crippen LogP contribution in [-0.2, 0) is 13.9 Å². The molecule has 0 rings (SSSR count). The van der Waals surface area contributed by atoms with E-state index in [0.29, 0.717) is 6.42 Å². The Morgan fingerprint density at radius 3 is 2.14 bits per heavy atom. The molecule has 126 valence electrons. The van der Waals surface area contributed by atoms with Gasteiger partial charge < -0.3 is 15.1 Å². The standard InChI is InChI=1S/C13H28NO6P/c1-2-3-4-5-6-7-8-9-10-20-21(18,19)14-12(11-15)13(16)17/h12,15H,2-11H2,1H3,(H,16,17)(H2,14,18,19)/t12-/m0/s1.